The molecule has 3 nitrogen and oxygen atoms in total. The molecule has 4 heteroatoms. The summed E-state index contributed by atoms with van der Waals surface area (Å²) in [6.45, 7) is 4.98. The molecule has 2 rings (SSSR count). The maximum Gasteiger partial charge on any atom is 0.217 e. The van der Waals surface area contributed by atoms with Crippen LogP contribution in [0.3, 0.4) is 0 Å². The molecule has 0 aromatic carbocycles. The molecule has 1 saturated heterocycles. The van der Waals surface area contributed by atoms with Crippen molar-refractivity contribution in [3.05, 3.63) is 0 Å². The van der Waals surface area contributed by atoms with Gasteiger partial charge in [-0.15, -0.1) is 0 Å². The van der Waals surface area contributed by atoms with E-state index in [1.54, 1.807) is 6.92 Å². The molecule has 2 fully saturated rings. The summed E-state index contributed by atoms with van der Waals surface area (Å²) in [5, 5.41) is 4.15. The van der Waals surface area contributed by atoms with E-state index in [0.717, 1.165) is 24.8 Å². The summed E-state index contributed by atoms with van der Waals surface area (Å²) in [6.07, 6.45) is 5.21. The van der Waals surface area contributed by atoms with Crippen LogP contribution in [0.1, 0.15) is 32.6 Å². The van der Waals surface area contributed by atoms with E-state index >= 15 is 0 Å². The predicted molar refractivity (Wildman–Crippen MR) is 68.7 cm³/mol. The Hall–Kier alpha value is -0.0900. The largest absolute Gasteiger partial charge is 0.352 e. The third-order valence-corrected chi connectivity index (χ3v) is 5.13. The quantitative estimate of drug-likeness (QED) is 0.800. The fraction of sp³-hybridized carbons (Fsp3) is 0.917. The molecule has 1 aliphatic heterocycles. The fourth-order valence-electron chi connectivity index (χ4n) is 2.87. The average Bonchev–Trinajstić information content (AvgIpc) is 2.58. The Morgan fingerprint density at radius 2 is 2.31 bits per heavy atom. The first kappa shape index (κ1) is 12.4. The molecule has 1 aliphatic carbocycles. The van der Waals surface area contributed by atoms with Crippen LogP contribution in [0.25, 0.3) is 0 Å². The monoisotopic (exact) mass is 288 g/mol. The lowest BCUT2D eigenvalue weighted by atomic mass is 9.70. The van der Waals surface area contributed by atoms with E-state index in [0.29, 0.717) is 11.5 Å². The number of halogens is 1. The van der Waals surface area contributed by atoms with Crippen molar-refractivity contribution in [2.45, 2.75) is 38.6 Å². The number of hydrogen-bond acceptors (Lipinski definition) is 2. The van der Waals surface area contributed by atoms with E-state index in [4.69, 9.17) is 0 Å². The highest BCUT2D eigenvalue weighted by Crippen LogP contribution is 2.43. The molecule has 1 N–H and O–H groups in total. The van der Waals surface area contributed by atoms with Crippen molar-refractivity contribution < 1.29 is 4.79 Å². The van der Waals surface area contributed by atoms with E-state index in [2.05, 4.69) is 26.1 Å². The van der Waals surface area contributed by atoms with Gasteiger partial charge in [-0.3, -0.25) is 4.79 Å². The molecule has 1 heterocycles. The molecule has 0 spiro atoms. The number of likely N-dealkylation sites (tertiary alicyclic amines) is 1. The van der Waals surface area contributed by atoms with Crippen LogP contribution >= 0.6 is 15.9 Å². The molecular weight excluding hydrogens is 268 g/mol. The zero-order chi connectivity index (χ0) is 11.6. The van der Waals surface area contributed by atoms with E-state index in [-0.39, 0.29) is 5.91 Å². The molecule has 1 unspecified atom stereocenters. The minimum absolute atomic E-state index is 0.102. The summed E-state index contributed by atoms with van der Waals surface area (Å²) in [4.78, 5) is 13.5. The summed E-state index contributed by atoms with van der Waals surface area (Å²) in [7, 11) is 0. The van der Waals surface area contributed by atoms with Crippen molar-refractivity contribution in [2.75, 3.05) is 25.0 Å². The Balaban J connectivity index is 1.78. The van der Waals surface area contributed by atoms with Gasteiger partial charge in [0.1, 0.15) is 0 Å². The van der Waals surface area contributed by atoms with E-state index < -0.39 is 0 Å². The van der Waals surface area contributed by atoms with Gasteiger partial charge in [0.05, 0.1) is 0 Å². The van der Waals surface area contributed by atoms with Crippen molar-refractivity contribution in [1.82, 2.24) is 10.2 Å². The van der Waals surface area contributed by atoms with Gasteiger partial charge >= 0.3 is 0 Å². The highest BCUT2D eigenvalue weighted by atomic mass is 79.9. The number of nitrogens with one attached hydrogen (secondary N) is 1. The molecule has 0 aromatic heterocycles. The lowest BCUT2D eigenvalue weighted by molar-refractivity contribution is -0.119. The van der Waals surface area contributed by atoms with Crippen molar-refractivity contribution in [3.8, 4) is 0 Å². The normalized spacial score (nSPS) is 28.8. The van der Waals surface area contributed by atoms with Crippen LogP contribution in [0, 0.1) is 5.41 Å². The summed E-state index contributed by atoms with van der Waals surface area (Å²) in [6, 6.07) is 0.380. The summed E-state index contributed by atoms with van der Waals surface area (Å²) in [5.74, 6) is 0.102. The van der Waals surface area contributed by atoms with Crippen LogP contribution in [-0.4, -0.2) is 41.8 Å². The van der Waals surface area contributed by atoms with Gasteiger partial charge in [0.2, 0.25) is 5.91 Å². The van der Waals surface area contributed by atoms with Crippen LogP contribution < -0.4 is 5.32 Å². The van der Waals surface area contributed by atoms with E-state index in [9.17, 15) is 4.79 Å². The van der Waals surface area contributed by atoms with E-state index in [1.807, 2.05) is 0 Å². The minimum atomic E-state index is 0.102. The van der Waals surface area contributed by atoms with Crippen LogP contribution in [0.5, 0.6) is 0 Å². The topological polar surface area (TPSA) is 32.3 Å². The van der Waals surface area contributed by atoms with Crippen LogP contribution in [0.4, 0.5) is 0 Å². The predicted octanol–water partition coefficient (Wildman–Crippen LogP) is 1.76. The first-order chi connectivity index (χ1) is 7.63. The zero-order valence-corrected chi connectivity index (χ0v) is 11.6. The highest BCUT2D eigenvalue weighted by Gasteiger charge is 2.38. The third kappa shape index (κ3) is 2.77. The Labute approximate surface area is 106 Å². The van der Waals surface area contributed by atoms with Crippen molar-refractivity contribution in [3.63, 3.8) is 0 Å². The Morgan fingerprint density at radius 3 is 2.81 bits per heavy atom. The first-order valence-corrected chi connectivity index (χ1v) is 7.31. The fourth-order valence-corrected chi connectivity index (χ4v) is 3.60. The second kappa shape index (κ2) is 5.05. The summed E-state index contributed by atoms with van der Waals surface area (Å²) in [5.41, 5.74) is 0.533. The molecular formula is C12H21BrN2O. The van der Waals surface area contributed by atoms with Gasteiger partial charge in [-0.1, -0.05) is 22.4 Å². The number of hydrogen-bond donors (Lipinski definition) is 1. The average molecular weight is 289 g/mol. The molecule has 1 amide bonds. The van der Waals surface area contributed by atoms with Gasteiger partial charge in [0.15, 0.2) is 0 Å². The van der Waals surface area contributed by atoms with Gasteiger partial charge in [-0.05, 0) is 24.7 Å². The molecule has 0 bridgehead atoms. The third-order valence-electron chi connectivity index (χ3n) is 3.94. The second-order valence-corrected chi connectivity index (χ2v) is 5.97. The Morgan fingerprint density at radius 1 is 1.56 bits per heavy atom. The summed E-state index contributed by atoms with van der Waals surface area (Å²) >= 11 is 3.65. The molecule has 0 aromatic rings. The van der Waals surface area contributed by atoms with Gasteiger partial charge in [-0.2, -0.15) is 0 Å². The maximum absolute atomic E-state index is 11.0. The first-order valence-electron chi connectivity index (χ1n) is 6.19. The smallest absolute Gasteiger partial charge is 0.217 e. The number of nitrogens with zero attached hydrogens (tertiary/aromatic N) is 1. The van der Waals surface area contributed by atoms with Crippen molar-refractivity contribution >= 4 is 21.8 Å². The zero-order valence-electron chi connectivity index (χ0n) is 9.97. The Bertz CT molecular complexity index is 260. The standard InChI is InChI=1S/C12H21BrN2O/c1-10(16)14-11-3-6-15(7-11)9-12(8-13)4-2-5-12/h11H,2-9H2,1H3,(H,14,16). The molecule has 16 heavy (non-hydrogen) atoms. The number of carbonyl (C=O) groups is 1. The lowest BCUT2D eigenvalue weighted by Crippen LogP contribution is -2.44. The molecule has 1 atom stereocenters. The molecule has 1 saturated carbocycles. The maximum atomic E-state index is 11.0. The van der Waals surface area contributed by atoms with Crippen LogP contribution in [-0.2, 0) is 4.79 Å². The molecule has 0 radical (unpaired) electrons. The van der Waals surface area contributed by atoms with Gasteiger partial charge in [0, 0.05) is 37.9 Å². The number of rotatable bonds is 4. The molecule has 2 aliphatic rings. The van der Waals surface area contributed by atoms with Gasteiger partial charge in [-0.25, -0.2) is 0 Å². The lowest BCUT2D eigenvalue weighted by Gasteiger charge is -2.43. The number of carbonyl (C=O) groups excluding carboxylic acids is 1. The Kier molecular flexibility index (Phi) is 3.90. The van der Waals surface area contributed by atoms with Gasteiger partial charge in [0.25, 0.3) is 0 Å². The number of amides is 1. The summed E-state index contributed by atoms with van der Waals surface area (Å²) < 4.78 is 0. The second-order valence-electron chi connectivity index (χ2n) is 5.41. The SMILES string of the molecule is CC(=O)NC1CCN(CC2(CBr)CCC2)C1. The van der Waals surface area contributed by atoms with Gasteiger partial charge < -0.3 is 10.2 Å². The highest BCUT2D eigenvalue weighted by molar-refractivity contribution is 9.09. The van der Waals surface area contributed by atoms with Crippen LogP contribution in [0.2, 0.25) is 0 Å². The van der Waals surface area contributed by atoms with Crippen molar-refractivity contribution in [1.29, 1.82) is 0 Å². The number of alkyl halides is 1. The van der Waals surface area contributed by atoms with Crippen molar-refractivity contribution in [2.24, 2.45) is 5.41 Å². The van der Waals surface area contributed by atoms with Crippen LogP contribution in [0.15, 0.2) is 0 Å². The van der Waals surface area contributed by atoms with E-state index in [1.165, 1.54) is 25.8 Å². The molecule has 92 valence electrons. The minimum Gasteiger partial charge on any atom is -0.352 e.